The summed E-state index contributed by atoms with van der Waals surface area (Å²) in [6.07, 6.45) is 1.44. The highest BCUT2D eigenvalue weighted by Crippen LogP contribution is 2.30. The zero-order valence-electron chi connectivity index (χ0n) is 22.4. The number of ether oxygens (including phenoxy) is 2. The fourth-order valence-corrected chi connectivity index (χ4v) is 4.23. The molecular formula is C29H32FN7O3. The van der Waals surface area contributed by atoms with E-state index in [0.29, 0.717) is 41.8 Å². The predicted molar refractivity (Wildman–Crippen MR) is 150 cm³/mol. The summed E-state index contributed by atoms with van der Waals surface area (Å²) in [5, 5.41) is 6.12. The van der Waals surface area contributed by atoms with E-state index < -0.39 is 12.2 Å². The van der Waals surface area contributed by atoms with Crippen LogP contribution in [0.4, 0.5) is 16.0 Å². The normalized spacial score (nSPS) is 17.1. The number of imidazole rings is 1. The van der Waals surface area contributed by atoms with Crippen molar-refractivity contribution >= 4 is 17.5 Å². The number of para-hydroxylation sites is 1. The zero-order valence-corrected chi connectivity index (χ0v) is 22.4. The fraction of sp³-hybridized carbons (Fsp3) is 0.310. The lowest BCUT2D eigenvalue weighted by atomic mass is 10.1. The molecule has 208 valence electrons. The zero-order chi connectivity index (χ0) is 27.9. The van der Waals surface area contributed by atoms with Crippen LogP contribution in [0.15, 0.2) is 66.9 Å². The summed E-state index contributed by atoms with van der Waals surface area (Å²) in [7, 11) is 4.00. The Labute approximate surface area is 232 Å². The lowest BCUT2D eigenvalue weighted by molar-refractivity contribution is -0.199. The second-order valence-corrected chi connectivity index (χ2v) is 9.76. The van der Waals surface area contributed by atoms with Gasteiger partial charge in [-0.15, -0.1) is 0 Å². The van der Waals surface area contributed by atoms with Crippen LogP contribution in [0.3, 0.4) is 0 Å². The summed E-state index contributed by atoms with van der Waals surface area (Å²) in [5.41, 5.74) is 3.41. The van der Waals surface area contributed by atoms with Crippen LogP contribution in [-0.2, 0) is 20.7 Å². The molecule has 0 unspecified atom stereocenters. The maximum absolute atomic E-state index is 13.7. The van der Waals surface area contributed by atoms with Crippen molar-refractivity contribution in [2.45, 2.75) is 12.7 Å². The highest BCUT2D eigenvalue weighted by Gasteiger charge is 2.29. The number of hydrogen-bond acceptors (Lipinski definition) is 8. The Bertz CT molecular complexity index is 1400. The number of aromatic amines is 1. The second kappa shape index (κ2) is 12.8. The molecule has 0 atom stereocenters. The summed E-state index contributed by atoms with van der Waals surface area (Å²) >= 11 is 0. The largest absolute Gasteiger partial charge is 0.353 e. The number of aromatic nitrogens is 4. The molecular weight excluding hydrogens is 513 g/mol. The number of rotatable bonds is 10. The predicted octanol–water partition coefficient (Wildman–Crippen LogP) is 3.82. The number of anilines is 2. The quantitative estimate of drug-likeness (QED) is 0.275. The molecule has 3 heterocycles. The summed E-state index contributed by atoms with van der Waals surface area (Å²) in [6, 6.07) is 17.2. The van der Waals surface area contributed by atoms with E-state index in [1.807, 2.05) is 44.4 Å². The van der Waals surface area contributed by atoms with Gasteiger partial charge in [-0.3, -0.25) is 4.79 Å². The first-order valence-electron chi connectivity index (χ1n) is 13.1. The van der Waals surface area contributed by atoms with Crippen molar-refractivity contribution in [1.29, 1.82) is 0 Å². The minimum atomic E-state index is -0.575. The molecule has 0 radical (unpaired) electrons. The van der Waals surface area contributed by atoms with Gasteiger partial charge in [0.1, 0.15) is 11.6 Å². The lowest BCUT2D eigenvalue weighted by Crippen LogP contribution is -2.39. The first kappa shape index (κ1) is 27.4. The third kappa shape index (κ3) is 7.06. The average Bonchev–Trinajstić information content (AvgIpc) is 3.38. The van der Waals surface area contributed by atoms with Crippen LogP contribution in [0.25, 0.3) is 22.6 Å². The third-order valence-electron chi connectivity index (χ3n) is 6.36. The molecule has 0 spiro atoms. The molecule has 0 bridgehead atoms. The van der Waals surface area contributed by atoms with Gasteiger partial charge in [0.2, 0.25) is 11.9 Å². The van der Waals surface area contributed by atoms with E-state index >= 15 is 0 Å². The van der Waals surface area contributed by atoms with Gasteiger partial charge in [-0.05, 0) is 56.6 Å². The Morgan fingerprint density at radius 3 is 2.52 bits per heavy atom. The highest BCUT2D eigenvalue weighted by molar-refractivity contribution is 5.92. The molecule has 1 saturated heterocycles. The maximum atomic E-state index is 13.7. The molecule has 11 heteroatoms. The summed E-state index contributed by atoms with van der Waals surface area (Å²) in [4.78, 5) is 31.8. The van der Waals surface area contributed by atoms with Crippen molar-refractivity contribution in [3.63, 3.8) is 0 Å². The van der Waals surface area contributed by atoms with E-state index in [0.717, 1.165) is 17.8 Å². The molecule has 1 aliphatic heterocycles. The highest BCUT2D eigenvalue weighted by atomic mass is 19.1. The molecule has 0 saturated carbocycles. The molecule has 5 rings (SSSR count). The van der Waals surface area contributed by atoms with Crippen LogP contribution in [0.2, 0.25) is 0 Å². The van der Waals surface area contributed by atoms with Crippen LogP contribution in [0, 0.1) is 11.7 Å². The molecule has 2 aromatic carbocycles. The maximum Gasteiger partial charge on any atom is 0.232 e. The van der Waals surface area contributed by atoms with Crippen LogP contribution < -0.4 is 10.6 Å². The molecule has 4 aromatic rings. The van der Waals surface area contributed by atoms with Crippen molar-refractivity contribution < 1.29 is 18.7 Å². The molecule has 3 N–H and O–H groups in total. The molecule has 40 heavy (non-hydrogen) atoms. The lowest BCUT2D eigenvalue weighted by Gasteiger charge is -2.28. The summed E-state index contributed by atoms with van der Waals surface area (Å²) in [6.45, 7) is 1.99. The van der Waals surface area contributed by atoms with E-state index in [4.69, 9.17) is 14.5 Å². The first-order valence-corrected chi connectivity index (χ1v) is 13.1. The number of benzene rings is 2. The van der Waals surface area contributed by atoms with Crippen molar-refractivity contribution in [2.24, 2.45) is 5.92 Å². The van der Waals surface area contributed by atoms with Crippen LogP contribution in [-0.4, -0.2) is 77.4 Å². The summed E-state index contributed by atoms with van der Waals surface area (Å²) in [5.74, 6) is 0.219. The molecule has 1 amide bonds. The van der Waals surface area contributed by atoms with E-state index in [2.05, 4.69) is 30.5 Å². The van der Waals surface area contributed by atoms with Gasteiger partial charge in [0.25, 0.3) is 0 Å². The van der Waals surface area contributed by atoms with Crippen molar-refractivity contribution in [2.75, 3.05) is 51.0 Å². The van der Waals surface area contributed by atoms with Gasteiger partial charge >= 0.3 is 0 Å². The number of hydrogen-bond donors (Lipinski definition) is 3. The Hall–Kier alpha value is -4.19. The Balaban J connectivity index is 1.30. The van der Waals surface area contributed by atoms with E-state index in [-0.39, 0.29) is 24.9 Å². The minimum Gasteiger partial charge on any atom is -0.353 e. The van der Waals surface area contributed by atoms with E-state index in [1.54, 1.807) is 24.4 Å². The van der Waals surface area contributed by atoms with Crippen LogP contribution >= 0.6 is 0 Å². The van der Waals surface area contributed by atoms with Gasteiger partial charge in [-0.1, -0.05) is 18.2 Å². The van der Waals surface area contributed by atoms with Gasteiger partial charge in [-0.2, -0.15) is 0 Å². The molecule has 0 aliphatic carbocycles. The number of likely N-dealkylation sites (N-methyl/N-ethyl adjacent to an activating group) is 1. The topological polar surface area (TPSA) is 117 Å². The third-order valence-corrected chi connectivity index (χ3v) is 6.36. The number of nitrogens with zero attached hydrogens (tertiary/aromatic N) is 4. The Kier molecular flexibility index (Phi) is 8.74. The minimum absolute atomic E-state index is 0.151. The van der Waals surface area contributed by atoms with Crippen molar-refractivity contribution in [3.05, 3.63) is 78.5 Å². The van der Waals surface area contributed by atoms with Gasteiger partial charge in [0.05, 0.1) is 42.6 Å². The van der Waals surface area contributed by atoms with E-state index in [1.165, 1.54) is 12.1 Å². The van der Waals surface area contributed by atoms with Gasteiger partial charge in [0.15, 0.2) is 6.29 Å². The SMILES string of the molecule is CN(C)CCNc1nccc(-c2[nH]c(CC3OCC(C(=O)Nc4ccccc4)CO3)nc2-c2ccc(F)cc2)n1. The van der Waals surface area contributed by atoms with Gasteiger partial charge in [0, 0.05) is 30.5 Å². The first-order chi connectivity index (χ1) is 19.4. The van der Waals surface area contributed by atoms with Crippen molar-refractivity contribution in [1.82, 2.24) is 24.8 Å². The molecule has 1 aliphatic rings. The fourth-order valence-electron chi connectivity index (χ4n) is 4.23. The number of carbonyl (C=O) groups is 1. The van der Waals surface area contributed by atoms with Gasteiger partial charge < -0.3 is 30.0 Å². The molecule has 10 nitrogen and oxygen atoms in total. The van der Waals surface area contributed by atoms with Gasteiger partial charge in [-0.25, -0.2) is 19.3 Å². The Morgan fingerprint density at radius 1 is 1.05 bits per heavy atom. The Morgan fingerprint density at radius 2 is 1.80 bits per heavy atom. The number of halogens is 1. The van der Waals surface area contributed by atoms with Crippen LogP contribution in [0.1, 0.15) is 5.82 Å². The van der Waals surface area contributed by atoms with Crippen molar-refractivity contribution in [3.8, 4) is 22.6 Å². The second-order valence-electron chi connectivity index (χ2n) is 9.76. The number of amides is 1. The number of H-pyrrole nitrogens is 1. The number of nitrogens with one attached hydrogen (secondary N) is 3. The van der Waals surface area contributed by atoms with Crippen LogP contribution in [0.5, 0.6) is 0 Å². The number of carbonyl (C=O) groups excluding carboxylic acids is 1. The van der Waals surface area contributed by atoms with E-state index in [9.17, 15) is 9.18 Å². The average molecular weight is 546 g/mol. The summed E-state index contributed by atoms with van der Waals surface area (Å²) < 4.78 is 25.4. The monoisotopic (exact) mass is 545 g/mol. The molecule has 2 aromatic heterocycles. The molecule has 1 fully saturated rings. The smallest absolute Gasteiger partial charge is 0.232 e. The standard InChI is InChI=1S/C29H32FN7O3/c1-37(2)15-14-32-29-31-13-12-23(34-29)27-26(19-8-10-21(30)11-9-19)35-24(36-27)16-25-39-17-20(18-40-25)28(38)33-22-6-4-3-5-7-22/h3-13,20,25H,14-18H2,1-2H3,(H,33,38)(H,35,36)(H,31,32,34).